The number of hydrogen-bond acceptors (Lipinski definition) is 4. The minimum atomic E-state index is -1.67. The van der Waals surface area contributed by atoms with Gasteiger partial charge < -0.3 is 9.80 Å². The molecule has 6 nitrogen and oxygen atoms in total. The molecule has 0 unspecified atom stereocenters. The van der Waals surface area contributed by atoms with Crippen molar-refractivity contribution < 1.29 is 22.9 Å². The molecule has 2 aromatic carbocycles. The third kappa shape index (κ3) is 3.32. The van der Waals surface area contributed by atoms with Crippen LogP contribution in [0.3, 0.4) is 0 Å². The number of piperazine rings is 1. The number of rotatable bonds is 3. The summed E-state index contributed by atoms with van der Waals surface area (Å²) in [5, 5.41) is 10.7. The molecule has 0 atom stereocenters. The second-order valence-corrected chi connectivity index (χ2v) is 5.78. The lowest BCUT2D eigenvalue weighted by atomic mass is 10.1. The van der Waals surface area contributed by atoms with E-state index in [1.807, 2.05) is 4.90 Å². The Balaban J connectivity index is 1.67. The molecule has 0 aliphatic carbocycles. The van der Waals surface area contributed by atoms with Gasteiger partial charge in [0.15, 0.2) is 17.5 Å². The average Bonchev–Trinajstić information content (AvgIpc) is 2.66. The van der Waals surface area contributed by atoms with Crippen LogP contribution in [0.15, 0.2) is 36.4 Å². The highest BCUT2D eigenvalue weighted by Crippen LogP contribution is 2.22. The van der Waals surface area contributed by atoms with E-state index >= 15 is 0 Å². The Morgan fingerprint density at radius 3 is 2.12 bits per heavy atom. The lowest BCUT2D eigenvalue weighted by Gasteiger charge is -2.36. The van der Waals surface area contributed by atoms with Crippen molar-refractivity contribution in [2.45, 2.75) is 0 Å². The van der Waals surface area contributed by atoms with Crippen LogP contribution in [0.25, 0.3) is 0 Å². The van der Waals surface area contributed by atoms with Crippen molar-refractivity contribution in [2.24, 2.45) is 0 Å². The van der Waals surface area contributed by atoms with Crippen LogP contribution in [0.1, 0.15) is 10.4 Å². The lowest BCUT2D eigenvalue weighted by molar-refractivity contribution is -0.384. The Bertz CT molecular complexity index is 850. The standard InChI is InChI=1S/C17H14F3N3O3/c18-14-6-5-13(15(19)16(14)20)17(24)22-9-7-21(8-10-22)11-1-3-12(4-2-11)23(25)26/h1-6H,7-10H2. The number of nitrogens with zero attached hydrogens (tertiary/aromatic N) is 3. The molecule has 0 bridgehead atoms. The molecular weight excluding hydrogens is 351 g/mol. The minimum Gasteiger partial charge on any atom is -0.368 e. The first-order valence-corrected chi connectivity index (χ1v) is 7.80. The van der Waals surface area contributed by atoms with Crippen molar-refractivity contribution in [1.82, 2.24) is 4.90 Å². The number of non-ortho nitro benzene ring substituents is 1. The van der Waals surface area contributed by atoms with Gasteiger partial charge in [0.2, 0.25) is 0 Å². The van der Waals surface area contributed by atoms with Crippen molar-refractivity contribution in [3.8, 4) is 0 Å². The number of nitro groups is 1. The summed E-state index contributed by atoms with van der Waals surface area (Å²) in [6, 6.07) is 7.67. The summed E-state index contributed by atoms with van der Waals surface area (Å²) < 4.78 is 40.1. The molecule has 1 heterocycles. The molecule has 0 saturated carbocycles. The SMILES string of the molecule is O=C(c1ccc(F)c(F)c1F)N1CCN(c2ccc([N+](=O)[O-])cc2)CC1. The molecule has 0 spiro atoms. The van der Waals surface area contributed by atoms with Crippen molar-refractivity contribution in [3.63, 3.8) is 0 Å². The van der Waals surface area contributed by atoms with Gasteiger partial charge in [-0.2, -0.15) is 0 Å². The molecule has 1 aliphatic rings. The van der Waals surface area contributed by atoms with E-state index in [-0.39, 0.29) is 18.8 Å². The second-order valence-electron chi connectivity index (χ2n) is 5.78. The largest absolute Gasteiger partial charge is 0.368 e. The van der Waals surface area contributed by atoms with Gasteiger partial charge in [-0.15, -0.1) is 0 Å². The summed E-state index contributed by atoms with van der Waals surface area (Å²) in [5.41, 5.74) is 0.241. The molecule has 2 aromatic rings. The fraction of sp³-hybridized carbons (Fsp3) is 0.235. The van der Waals surface area contributed by atoms with Gasteiger partial charge in [0.1, 0.15) is 0 Å². The van der Waals surface area contributed by atoms with Crippen molar-refractivity contribution in [2.75, 3.05) is 31.1 Å². The van der Waals surface area contributed by atoms with Gasteiger partial charge in [-0.05, 0) is 24.3 Å². The van der Waals surface area contributed by atoms with Gasteiger partial charge in [0.05, 0.1) is 10.5 Å². The van der Waals surface area contributed by atoms with E-state index < -0.39 is 33.8 Å². The highest BCUT2D eigenvalue weighted by Gasteiger charge is 2.26. The zero-order valence-electron chi connectivity index (χ0n) is 13.5. The number of benzene rings is 2. The van der Waals surface area contributed by atoms with Gasteiger partial charge in [-0.25, -0.2) is 13.2 Å². The third-order valence-corrected chi connectivity index (χ3v) is 4.26. The van der Waals surface area contributed by atoms with Gasteiger partial charge in [0, 0.05) is 44.0 Å². The number of halogens is 3. The molecule has 1 fully saturated rings. The number of anilines is 1. The summed E-state index contributed by atoms with van der Waals surface area (Å²) in [4.78, 5) is 25.8. The summed E-state index contributed by atoms with van der Waals surface area (Å²) >= 11 is 0. The quantitative estimate of drug-likeness (QED) is 0.477. The Hall–Kier alpha value is -3.10. The predicted octanol–water partition coefficient (Wildman–Crippen LogP) is 2.97. The fourth-order valence-electron chi connectivity index (χ4n) is 2.81. The van der Waals surface area contributed by atoms with Gasteiger partial charge in [0.25, 0.3) is 11.6 Å². The molecular formula is C17H14F3N3O3. The zero-order valence-corrected chi connectivity index (χ0v) is 13.5. The maximum Gasteiger partial charge on any atom is 0.269 e. The number of carbonyl (C=O) groups excluding carboxylic acids is 1. The molecule has 1 saturated heterocycles. The van der Waals surface area contributed by atoms with Crippen molar-refractivity contribution >= 4 is 17.3 Å². The molecule has 0 radical (unpaired) electrons. The highest BCUT2D eigenvalue weighted by atomic mass is 19.2. The summed E-state index contributed by atoms with van der Waals surface area (Å²) in [6.45, 7) is 1.37. The van der Waals surface area contributed by atoms with Crippen molar-refractivity contribution in [3.05, 3.63) is 69.5 Å². The number of nitro benzene ring substituents is 1. The van der Waals surface area contributed by atoms with Gasteiger partial charge in [-0.3, -0.25) is 14.9 Å². The Morgan fingerprint density at radius 2 is 1.54 bits per heavy atom. The van der Waals surface area contributed by atoms with Crippen LogP contribution in [-0.2, 0) is 0 Å². The molecule has 0 aromatic heterocycles. The first-order chi connectivity index (χ1) is 12.4. The van der Waals surface area contributed by atoms with E-state index in [1.165, 1.54) is 17.0 Å². The highest BCUT2D eigenvalue weighted by molar-refractivity contribution is 5.94. The van der Waals surface area contributed by atoms with Gasteiger partial charge in [-0.1, -0.05) is 0 Å². The molecule has 3 rings (SSSR count). The molecule has 9 heteroatoms. The first-order valence-electron chi connectivity index (χ1n) is 7.80. The summed E-state index contributed by atoms with van der Waals surface area (Å²) in [7, 11) is 0. The smallest absolute Gasteiger partial charge is 0.269 e. The normalized spacial score (nSPS) is 14.4. The maximum absolute atomic E-state index is 13.8. The molecule has 0 N–H and O–H groups in total. The zero-order chi connectivity index (χ0) is 18.8. The van der Waals surface area contributed by atoms with E-state index in [9.17, 15) is 28.1 Å². The van der Waals surface area contributed by atoms with E-state index in [4.69, 9.17) is 0 Å². The van der Waals surface area contributed by atoms with Crippen LogP contribution < -0.4 is 4.90 Å². The Kier molecular flexibility index (Phi) is 4.79. The monoisotopic (exact) mass is 365 g/mol. The average molecular weight is 365 g/mol. The van der Waals surface area contributed by atoms with Crippen LogP contribution in [-0.4, -0.2) is 41.9 Å². The van der Waals surface area contributed by atoms with Crippen LogP contribution in [0.4, 0.5) is 24.5 Å². The molecule has 1 amide bonds. The Labute approximate surface area is 146 Å². The van der Waals surface area contributed by atoms with Crippen LogP contribution in [0.5, 0.6) is 0 Å². The van der Waals surface area contributed by atoms with Crippen LogP contribution in [0.2, 0.25) is 0 Å². The second kappa shape index (κ2) is 7.03. The van der Waals surface area contributed by atoms with Gasteiger partial charge >= 0.3 is 0 Å². The topological polar surface area (TPSA) is 66.7 Å². The minimum absolute atomic E-state index is 0.0172. The lowest BCUT2D eigenvalue weighted by Crippen LogP contribution is -2.49. The van der Waals surface area contributed by atoms with E-state index in [2.05, 4.69) is 0 Å². The van der Waals surface area contributed by atoms with E-state index in [1.54, 1.807) is 12.1 Å². The predicted molar refractivity (Wildman–Crippen MR) is 87.5 cm³/mol. The van der Waals surface area contributed by atoms with Crippen LogP contribution >= 0.6 is 0 Å². The fourth-order valence-corrected chi connectivity index (χ4v) is 2.81. The number of amides is 1. The first kappa shape index (κ1) is 17.7. The molecule has 1 aliphatic heterocycles. The summed E-state index contributed by atoms with van der Waals surface area (Å²) in [6.07, 6.45) is 0. The maximum atomic E-state index is 13.8. The number of carbonyl (C=O) groups is 1. The summed E-state index contributed by atoms with van der Waals surface area (Å²) in [5.74, 6) is -5.21. The number of hydrogen-bond donors (Lipinski definition) is 0. The Morgan fingerprint density at radius 1 is 0.923 bits per heavy atom. The third-order valence-electron chi connectivity index (χ3n) is 4.26. The van der Waals surface area contributed by atoms with Crippen LogP contribution in [0, 0.1) is 27.6 Å². The van der Waals surface area contributed by atoms with E-state index in [0.29, 0.717) is 13.1 Å². The van der Waals surface area contributed by atoms with E-state index in [0.717, 1.165) is 17.8 Å². The molecule has 26 heavy (non-hydrogen) atoms. The molecule has 136 valence electrons. The van der Waals surface area contributed by atoms with Crippen molar-refractivity contribution in [1.29, 1.82) is 0 Å².